The Morgan fingerprint density at radius 1 is 1.11 bits per heavy atom. The highest BCUT2D eigenvalue weighted by atomic mass is 35.5. The number of amides is 1. The van der Waals surface area contributed by atoms with Gasteiger partial charge in [0.25, 0.3) is 0 Å². The molecule has 2 heterocycles. The first-order valence-corrected chi connectivity index (χ1v) is 12.4. The Morgan fingerprint density at radius 3 is 2.41 bits per heavy atom. The topological polar surface area (TPSA) is 80.1 Å². The third kappa shape index (κ3) is 4.86. The lowest BCUT2D eigenvalue weighted by molar-refractivity contribution is -0.106. The van der Waals surface area contributed by atoms with Crippen molar-refractivity contribution in [2.75, 3.05) is 37.0 Å². The van der Waals surface area contributed by atoms with Gasteiger partial charge in [-0.05, 0) is 60.4 Å². The first-order chi connectivity index (χ1) is 17.7. The van der Waals surface area contributed by atoms with E-state index in [0.717, 1.165) is 19.4 Å². The van der Waals surface area contributed by atoms with Crippen LogP contribution in [0.2, 0.25) is 5.02 Å². The maximum atomic E-state index is 14.8. The molecule has 1 atom stereocenters. The number of aromatic hydroxyl groups is 1. The van der Waals surface area contributed by atoms with E-state index in [0.29, 0.717) is 41.2 Å². The van der Waals surface area contributed by atoms with E-state index in [9.17, 15) is 19.4 Å². The lowest BCUT2D eigenvalue weighted by Gasteiger charge is -2.19. The molecular formula is C28H28ClFN4O3. The molecule has 1 aliphatic heterocycles. The molecule has 1 aliphatic carbocycles. The fourth-order valence-corrected chi connectivity index (χ4v) is 5.12. The first-order valence-electron chi connectivity index (χ1n) is 12.0. The van der Waals surface area contributed by atoms with E-state index in [2.05, 4.69) is 4.98 Å². The summed E-state index contributed by atoms with van der Waals surface area (Å²) in [6, 6.07) is 11.0. The second-order valence-corrected chi connectivity index (χ2v) is 10.4. The Morgan fingerprint density at radius 2 is 1.81 bits per heavy atom. The van der Waals surface area contributed by atoms with Crippen LogP contribution in [-0.4, -0.2) is 59.8 Å². The average Bonchev–Trinajstić information content (AvgIpc) is 3.59. The molecule has 37 heavy (non-hydrogen) atoms. The molecule has 2 aromatic carbocycles. The third-order valence-electron chi connectivity index (χ3n) is 7.13. The number of pyridine rings is 1. The molecule has 1 aromatic heterocycles. The Balaban J connectivity index is 1.48. The number of aromatic nitrogens is 1. The quantitative estimate of drug-likeness (QED) is 0.431. The first kappa shape index (κ1) is 25.0. The summed E-state index contributed by atoms with van der Waals surface area (Å²) in [7, 11) is 3.66. The van der Waals surface area contributed by atoms with Gasteiger partial charge < -0.3 is 20.0 Å². The van der Waals surface area contributed by atoms with Crippen molar-refractivity contribution in [1.82, 2.24) is 9.88 Å². The van der Waals surface area contributed by atoms with Crippen molar-refractivity contribution in [2.24, 2.45) is 5.41 Å². The van der Waals surface area contributed by atoms with Gasteiger partial charge in [-0.3, -0.25) is 9.69 Å². The van der Waals surface area contributed by atoms with Gasteiger partial charge in [-0.15, -0.1) is 0 Å². The fraction of sp³-hybridized carbons (Fsp3) is 0.286. The second-order valence-electron chi connectivity index (χ2n) is 9.95. The van der Waals surface area contributed by atoms with Crippen molar-refractivity contribution in [2.45, 2.75) is 18.9 Å². The van der Waals surface area contributed by atoms with Crippen LogP contribution in [0.25, 0.3) is 22.3 Å². The standard InChI is InChI=1S/C28H28ClFN4O3/c1-32(2)9-10-33(17-35)24-4-3-18(11-23(24)29)21-13-20(30)14-22(27(21)37)19-5-8-31-26(12-19)34-15-25(36)28(16-34)6-7-28/h3-5,8-14,17,25,36-37H,6-7,15-16H2,1-2H3/b10-9-. The van der Waals surface area contributed by atoms with Crippen LogP contribution in [0, 0.1) is 11.2 Å². The molecule has 1 saturated heterocycles. The van der Waals surface area contributed by atoms with E-state index in [-0.39, 0.29) is 27.9 Å². The van der Waals surface area contributed by atoms with Crippen LogP contribution in [0.3, 0.4) is 0 Å². The molecule has 0 bridgehead atoms. The van der Waals surface area contributed by atoms with Crippen molar-refractivity contribution in [3.63, 3.8) is 0 Å². The summed E-state index contributed by atoms with van der Waals surface area (Å²) in [4.78, 5) is 21.2. The number of β-amino-alcohol motifs (C(OH)–C–C–N with tert-alkyl or cyclic N) is 1. The van der Waals surface area contributed by atoms with Crippen LogP contribution in [0.5, 0.6) is 5.75 Å². The molecule has 7 nitrogen and oxygen atoms in total. The Labute approximate surface area is 220 Å². The Bertz CT molecular complexity index is 1380. The average molecular weight is 523 g/mol. The zero-order valence-electron chi connectivity index (χ0n) is 20.6. The van der Waals surface area contributed by atoms with Crippen LogP contribution in [0.1, 0.15) is 12.8 Å². The summed E-state index contributed by atoms with van der Waals surface area (Å²) < 4.78 is 14.8. The predicted octanol–water partition coefficient (Wildman–Crippen LogP) is 4.87. The van der Waals surface area contributed by atoms with E-state index in [1.807, 2.05) is 25.1 Å². The van der Waals surface area contributed by atoms with Gasteiger partial charge in [-0.1, -0.05) is 17.7 Å². The van der Waals surface area contributed by atoms with Crippen molar-refractivity contribution in [3.05, 3.63) is 71.9 Å². The van der Waals surface area contributed by atoms with Crippen LogP contribution in [0.4, 0.5) is 15.9 Å². The van der Waals surface area contributed by atoms with Gasteiger partial charge in [0.1, 0.15) is 17.4 Å². The highest BCUT2D eigenvalue weighted by molar-refractivity contribution is 6.34. The number of rotatable bonds is 7. The molecular weight excluding hydrogens is 495 g/mol. The number of aliphatic hydroxyl groups is 1. The second kappa shape index (κ2) is 9.68. The van der Waals surface area contributed by atoms with Crippen molar-refractivity contribution >= 4 is 29.5 Å². The Hall–Kier alpha value is -3.62. The minimum Gasteiger partial charge on any atom is -0.507 e. The van der Waals surface area contributed by atoms with Gasteiger partial charge >= 0.3 is 0 Å². The van der Waals surface area contributed by atoms with Gasteiger partial charge in [0.2, 0.25) is 6.41 Å². The summed E-state index contributed by atoms with van der Waals surface area (Å²) >= 11 is 6.49. The largest absolute Gasteiger partial charge is 0.507 e. The molecule has 3 aromatic rings. The van der Waals surface area contributed by atoms with E-state index in [1.54, 1.807) is 47.8 Å². The number of nitrogens with zero attached hydrogens (tertiary/aromatic N) is 4. The van der Waals surface area contributed by atoms with Gasteiger partial charge in [-0.25, -0.2) is 9.37 Å². The number of hydrogen-bond donors (Lipinski definition) is 2. The van der Waals surface area contributed by atoms with Gasteiger partial charge in [0.05, 0.1) is 16.8 Å². The molecule has 192 valence electrons. The van der Waals surface area contributed by atoms with Crippen molar-refractivity contribution < 1.29 is 19.4 Å². The number of hydrogen-bond acceptors (Lipinski definition) is 6. The molecule has 0 radical (unpaired) electrons. The van der Waals surface area contributed by atoms with Crippen LogP contribution in [0.15, 0.2) is 61.1 Å². The molecule has 2 N–H and O–H groups in total. The monoisotopic (exact) mass is 522 g/mol. The summed E-state index contributed by atoms with van der Waals surface area (Å²) in [6.45, 7) is 1.24. The molecule has 1 spiro atoms. The number of carbonyl (C=O) groups is 1. The number of benzene rings is 2. The number of carbonyl (C=O) groups excluding carboxylic acids is 1. The lowest BCUT2D eigenvalue weighted by Crippen LogP contribution is -2.22. The van der Waals surface area contributed by atoms with E-state index in [1.165, 1.54) is 17.0 Å². The highest BCUT2D eigenvalue weighted by Gasteiger charge is 2.54. The Kier molecular flexibility index (Phi) is 6.56. The summed E-state index contributed by atoms with van der Waals surface area (Å²) in [5.41, 5.74) is 2.13. The summed E-state index contributed by atoms with van der Waals surface area (Å²) in [5.74, 6) is 0.0678. The molecule has 2 fully saturated rings. The molecule has 2 aliphatic rings. The maximum absolute atomic E-state index is 14.8. The fourth-order valence-electron chi connectivity index (χ4n) is 4.84. The predicted molar refractivity (Wildman–Crippen MR) is 143 cm³/mol. The zero-order chi connectivity index (χ0) is 26.3. The van der Waals surface area contributed by atoms with E-state index in [4.69, 9.17) is 11.6 Å². The third-order valence-corrected chi connectivity index (χ3v) is 7.43. The molecule has 1 amide bonds. The van der Waals surface area contributed by atoms with E-state index >= 15 is 0 Å². The molecule has 1 saturated carbocycles. The van der Waals surface area contributed by atoms with Gasteiger partial charge in [0, 0.05) is 62.3 Å². The molecule has 1 unspecified atom stereocenters. The SMILES string of the molecule is CN(C)/C=C\N(C=O)c1ccc(-c2cc(F)cc(-c3ccnc(N4CC(O)C5(CC5)C4)c3)c2O)cc1Cl. The number of phenolic OH excluding ortho intramolecular Hbond substituents is 1. The van der Waals surface area contributed by atoms with Crippen molar-refractivity contribution in [3.8, 4) is 28.0 Å². The maximum Gasteiger partial charge on any atom is 0.218 e. The van der Waals surface area contributed by atoms with Crippen LogP contribution < -0.4 is 9.80 Å². The normalized spacial score (nSPS) is 18.0. The lowest BCUT2D eigenvalue weighted by atomic mass is 9.97. The number of aliphatic hydroxyl groups excluding tert-OH is 1. The zero-order valence-corrected chi connectivity index (χ0v) is 21.4. The minimum atomic E-state index is -0.515. The number of phenols is 1. The minimum absolute atomic E-state index is 0.0288. The number of halogens is 2. The number of anilines is 2. The summed E-state index contributed by atoms with van der Waals surface area (Å²) in [6.07, 6.45) is 7.20. The smallest absolute Gasteiger partial charge is 0.218 e. The molecule has 5 rings (SSSR count). The van der Waals surface area contributed by atoms with Gasteiger partial charge in [-0.2, -0.15) is 0 Å². The summed E-state index contributed by atoms with van der Waals surface area (Å²) in [5, 5.41) is 21.9. The van der Waals surface area contributed by atoms with Gasteiger partial charge in [0.15, 0.2) is 0 Å². The highest BCUT2D eigenvalue weighted by Crippen LogP contribution is 2.53. The van der Waals surface area contributed by atoms with E-state index < -0.39 is 5.82 Å². The van der Waals surface area contributed by atoms with Crippen LogP contribution >= 0.6 is 11.6 Å². The van der Waals surface area contributed by atoms with Crippen LogP contribution in [-0.2, 0) is 4.79 Å². The molecule has 9 heteroatoms. The van der Waals surface area contributed by atoms with Crippen molar-refractivity contribution in [1.29, 1.82) is 0 Å².